The van der Waals surface area contributed by atoms with Gasteiger partial charge in [-0.25, -0.2) is 0 Å². The molecule has 1 atom stereocenters. The van der Waals surface area contributed by atoms with Crippen LogP contribution in [-0.4, -0.2) is 20.7 Å². The molecule has 6 nitrogen and oxygen atoms in total. The first-order valence-electron chi connectivity index (χ1n) is 9.24. The van der Waals surface area contributed by atoms with E-state index in [1.165, 1.54) is 10.7 Å². The van der Waals surface area contributed by atoms with Crippen molar-refractivity contribution in [2.75, 3.05) is 5.32 Å². The quantitative estimate of drug-likeness (QED) is 0.513. The molecule has 9 heteroatoms. The number of carbonyl (C=O) groups excluding carboxylic acids is 1. The van der Waals surface area contributed by atoms with Gasteiger partial charge in [0.25, 0.3) is 0 Å². The zero-order valence-electron chi connectivity index (χ0n) is 15.7. The zero-order chi connectivity index (χ0) is 21.0. The normalized spacial score (nSPS) is 16.5. The van der Waals surface area contributed by atoms with Gasteiger partial charge in [0.05, 0.1) is 11.3 Å². The summed E-state index contributed by atoms with van der Waals surface area (Å²) in [4.78, 5) is 16.8. The lowest BCUT2D eigenvalue weighted by Gasteiger charge is -2.24. The van der Waals surface area contributed by atoms with Crippen LogP contribution in [0.25, 0.3) is 17.1 Å². The molecule has 0 bridgehead atoms. The smallest absolute Gasteiger partial charge is 0.416 e. The molecule has 0 radical (unpaired) electrons. The number of halogens is 3. The summed E-state index contributed by atoms with van der Waals surface area (Å²) in [6.07, 6.45) is -4.44. The van der Waals surface area contributed by atoms with Crippen LogP contribution in [0, 0.1) is 6.92 Å². The molecule has 1 N–H and O–H groups in total. The number of fused-ring (bicyclic) bond motifs is 2. The minimum Gasteiger partial charge on any atom is -0.422 e. The van der Waals surface area contributed by atoms with E-state index in [1.807, 2.05) is 12.1 Å². The Hall–Kier alpha value is -3.62. The van der Waals surface area contributed by atoms with Crippen molar-refractivity contribution in [3.63, 3.8) is 0 Å². The van der Waals surface area contributed by atoms with E-state index < -0.39 is 17.7 Å². The number of hydrogen-bond acceptors (Lipinski definition) is 4. The lowest BCUT2D eigenvalue weighted by molar-refractivity contribution is -0.137. The molecule has 0 fully saturated rings. The second-order valence-electron chi connectivity index (χ2n) is 7.15. The summed E-state index contributed by atoms with van der Waals surface area (Å²) in [5, 5.41) is 7.24. The second-order valence-corrected chi connectivity index (χ2v) is 7.15. The van der Waals surface area contributed by atoms with E-state index in [0.29, 0.717) is 33.7 Å². The second kappa shape index (κ2) is 6.45. The Morgan fingerprint density at radius 1 is 1.17 bits per heavy atom. The minimum absolute atomic E-state index is 0.0222. The number of para-hydroxylation sites is 2. The molecule has 2 aromatic carbocycles. The average molecular weight is 412 g/mol. The van der Waals surface area contributed by atoms with Crippen molar-refractivity contribution in [2.45, 2.75) is 25.4 Å². The molecule has 1 aliphatic heterocycles. The largest absolute Gasteiger partial charge is 0.422 e. The minimum atomic E-state index is -4.47. The molecule has 30 heavy (non-hydrogen) atoms. The van der Waals surface area contributed by atoms with Crippen LogP contribution in [0.15, 0.2) is 52.9 Å². The van der Waals surface area contributed by atoms with E-state index in [-0.39, 0.29) is 18.3 Å². The first kappa shape index (κ1) is 18.4. The lowest BCUT2D eigenvalue weighted by atomic mass is 9.85. The number of nitrogens with one attached hydrogen (secondary N) is 1. The summed E-state index contributed by atoms with van der Waals surface area (Å²) >= 11 is 0. The maximum absolute atomic E-state index is 13.2. The number of benzene rings is 2. The van der Waals surface area contributed by atoms with Gasteiger partial charge < -0.3 is 9.73 Å². The van der Waals surface area contributed by atoms with Crippen LogP contribution in [0.1, 0.15) is 34.7 Å². The Bertz CT molecular complexity index is 1260. The van der Waals surface area contributed by atoms with Crippen LogP contribution in [-0.2, 0) is 11.0 Å². The van der Waals surface area contributed by atoms with E-state index >= 15 is 0 Å². The fraction of sp³-hybridized carbons (Fsp3) is 0.190. The topological polar surface area (TPSA) is 73.0 Å². The predicted molar refractivity (Wildman–Crippen MR) is 102 cm³/mol. The Labute approximate surface area is 168 Å². The van der Waals surface area contributed by atoms with Gasteiger partial charge in [0.15, 0.2) is 5.58 Å². The van der Waals surface area contributed by atoms with Crippen molar-refractivity contribution in [1.82, 2.24) is 14.8 Å². The highest BCUT2D eigenvalue weighted by atomic mass is 19.4. The highest BCUT2D eigenvalue weighted by Gasteiger charge is 2.36. The van der Waals surface area contributed by atoms with Crippen LogP contribution in [0.5, 0.6) is 0 Å². The standard InChI is InChI=1S/C21H15F3N4O2/c1-11-18-14(12-5-4-6-13(9-12)21(22,23)24)10-17(29)26-19(18)28(27-11)20-25-15-7-2-3-8-16(15)30-20/h2-9,14H,10H2,1H3,(H,26,29)/t14-/m0/s1. The van der Waals surface area contributed by atoms with Crippen LogP contribution in [0.2, 0.25) is 0 Å². The van der Waals surface area contributed by atoms with Crippen LogP contribution in [0.4, 0.5) is 19.0 Å². The van der Waals surface area contributed by atoms with Gasteiger partial charge in [-0.3, -0.25) is 4.79 Å². The molecular weight excluding hydrogens is 397 g/mol. The van der Waals surface area contributed by atoms with Crippen molar-refractivity contribution in [2.24, 2.45) is 0 Å². The molecule has 1 aliphatic rings. The van der Waals surface area contributed by atoms with Crippen molar-refractivity contribution in [3.05, 3.63) is 70.9 Å². The molecule has 0 aliphatic carbocycles. The Morgan fingerprint density at radius 2 is 1.97 bits per heavy atom. The molecular formula is C21H15F3N4O2. The summed E-state index contributed by atoms with van der Waals surface area (Å²) in [5.74, 6) is -0.519. The number of hydrogen-bond donors (Lipinski definition) is 1. The monoisotopic (exact) mass is 412 g/mol. The highest BCUT2D eigenvalue weighted by molar-refractivity contribution is 5.95. The fourth-order valence-corrected chi connectivity index (χ4v) is 3.85. The van der Waals surface area contributed by atoms with Gasteiger partial charge in [0, 0.05) is 17.9 Å². The van der Waals surface area contributed by atoms with Gasteiger partial charge in [-0.15, -0.1) is 0 Å². The molecule has 0 saturated heterocycles. The molecule has 1 amide bonds. The number of amides is 1. The number of carbonyl (C=O) groups is 1. The Balaban J connectivity index is 1.65. The number of nitrogens with zero attached hydrogens (tertiary/aromatic N) is 3. The van der Waals surface area contributed by atoms with E-state index in [4.69, 9.17) is 4.42 Å². The van der Waals surface area contributed by atoms with Crippen molar-refractivity contribution < 1.29 is 22.4 Å². The number of anilines is 1. The van der Waals surface area contributed by atoms with E-state index in [1.54, 1.807) is 25.1 Å². The fourth-order valence-electron chi connectivity index (χ4n) is 3.85. The maximum Gasteiger partial charge on any atom is 0.416 e. The highest BCUT2D eigenvalue weighted by Crippen LogP contribution is 2.41. The third-order valence-corrected chi connectivity index (χ3v) is 5.18. The van der Waals surface area contributed by atoms with E-state index in [2.05, 4.69) is 15.4 Å². The maximum atomic E-state index is 13.2. The molecule has 0 spiro atoms. The Kier molecular flexibility index (Phi) is 3.96. The average Bonchev–Trinajstić information content (AvgIpc) is 3.28. The van der Waals surface area contributed by atoms with E-state index in [9.17, 15) is 18.0 Å². The van der Waals surface area contributed by atoms with Crippen molar-refractivity contribution in [1.29, 1.82) is 0 Å². The molecule has 4 aromatic rings. The molecule has 0 saturated carbocycles. The summed E-state index contributed by atoms with van der Waals surface area (Å²) in [7, 11) is 0. The Morgan fingerprint density at radius 3 is 2.73 bits per heavy atom. The molecule has 3 heterocycles. The number of aryl methyl sites for hydroxylation is 1. The summed E-state index contributed by atoms with van der Waals surface area (Å²) in [5.41, 5.74) is 2.07. The molecule has 152 valence electrons. The first-order chi connectivity index (χ1) is 14.3. The molecule has 5 rings (SSSR count). The summed E-state index contributed by atoms with van der Waals surface area (Å²) < 4.78 is 46.7. The van der Waals surface area contributed by atoms with Gasteiger partial charge in [-0.1, -0.05) is 30.3 Å². The third kappa shape index (κ3) is 2.94. The SMILES string of the molecule is Cc1nn(-c2nc3ccccc3o2)c2c1[C@H](c1cccc(C(F)(F)F)c1)CC(=O)N2. The van der Waals surface area contributed by atoms with Crippen LogP contribution in [0.3, 0.4) is 0 Å². The predicted octanol–water partition coefficient (Wildman–Crippen LogP) is 4.81. The van der Waals surface area contributed by atoms with Gasteiger partial charge in [0.1, 0.15) is 11.3 Å². The van der Waals surface area contributed by atoms with Gasteiger partial charge in [-0.05, 0) is 30.7 Å². The van der Waals surface area contributed by atoms with Gasteiger partial charge >= 0.3 is 12.2 Å². The lowest BCUT2D eigenvalue weighted by Crippen LogP contribution is -2.25. The number of aromatic nitrogens is 3. The molecule has 0 unspecified atom stereocenters. The number of rotatable bonds is 2. The number of alkyl halides is 3. The van der Waals surface area contributed by atoms with Crippen LogP contribution < -0.4 is 5.32 Å². The van der Waals surface area contributed by atoms with E-state index in [0.717, 1.165) is 12.1 Å². The van der Waals surface area contributed by atoms with Gasteiger partial charge in [0.2, 0.25) is 5.91 Å². The van der Waals surface area contributed by atoms with Crippen molar-refractivity contribution >= 4 is 22.8 Å². The number of oxazole rings is 1. The van der Waals surface area contributed by atoms with Crippen molar-refractivity contribution in [3.8, 4) is 6.01 Å². The van der Waals surface area contributed by atoms with Crippen LogP contribution >= 0.6 is 0 Å². The zero-order valence-corrected chi connectivity index (χ0v) is 15.7. The summed E-state index contributed by atoms with van der Waals surface area (Å²) in [6.45, 7) is 1.75. The first-order valence-corrected chi connectivity index (χ1v) is 9.24. The van der Waals surface area contributed by atoms with Gasteiger partial charge in [-0.2, -0.15) is 27.9 Å². The third-order valence-electron chi connectivity index (χ3n) is 5.18. The summed E-state index contributed by atoms with van der Waals surface area (Å²) in [6, 6.07) is 12.4. The molecule has 2 aromatic heterocycles.